The van der Waals surface area contributed by atoms with Crippen molar-refractivity contribution in [2.24, 2.45) is 5.73 Å². The molecule has 0 fully saturated rings. The number of anilines is 1. The molecule has 0 aliphatic rings. The van der Waals surface area contributed by atoms with E-state index in [2.05, 4.69) is 22.4 Å². The minimum Gasteiger partial charge on any atom is -0.320 e. The van der Waals surface area contributed by atoms with Crippen LogP contribution in [0.15, 0.2) is 6.07 Å². The quantitative estimate of drug-likeness (QED) is 0.682. The zero-order valence-corrected chi connectivity index (χ0v) is 9.21. The normalized spacial score (nSPS) is 12.5. The van der Waals surface area contributed by atoms with Crippen LogP contribution < -0.4 is 11.1 Å². The van der Waals surface area contributed by atoms with E-state index in [0.717, 1.165) is 18.5 Å². The Bertz CT molecular complexity index is 321. The molecule has 0 unspecified atom stereocenters. The summed E-state index contributed by atoms with van der Waals surface area (Å²) in [6, 6.07) is 1.33. The number of hydrogen-bond acceptors (Lipinski definition) is 3. The van der Waals surface area contributed by atoms with Crippen molar-refractivity contribution in [2.45, 2.75) is 39.2 Å². The van der Waals surface area contributed by atoms with Crippen LogP contribution in [0.25, 0.3) is 0 Å². The lowest BCUT2D eigenvalue weighted by atomic mass is 10.1. The third-order valence-electron chi connectivity index (χ3n) is 2.16. The molecule has 1 amide bonds. The lowest BCUT2D eigenvalue weighted by Crippen LogP contribution is -2.35. The smallest absolute Gasteiger partial charge is 0.242 e. The van der Waals surface area contributed by atoms with E-state index >= 15 is 0 Å². The number of nitrogens with one attached hydrogen (secondary N) is 2. The van der Waals surface area contributed by atoms with Gasteiger partial charge in [0.05, 0.1) is 6.04 Å². The average Bonchev–Trinajstić information content (AvgIpc) is 2.60. The Hall–Kier alpha value is -1.36. The summed E-state index contributed by atoms with van der Waals surface area (Å²) in [6.45, 7) is 3.95. The van der Waals surface area contributed by atoms with Gasteiger partial charge in [-0.1, -0.05) is 19.8 Å². The highest BCUT2D eigenvalue weighted by atomic mass is 16.2. The third-order valence-corrected chi connectivity index (χ3v) is 2.16. The Morgan fingerprint density at radius 3 is 3.00 bits per heavy atom. The SMILES string of the molecule is CCCC[C@H](N)C(=O)Nc1cc(C)[nH]n1. The molecule has 1 aromatic heterocycles. The number of carbonyl (C=O) groups excluding carboxylic acids is 1. The number of aryl methyl sites for hydroxylation is 1. The third kappa shape index (κ3) is 3.71. The van der Waals surface area contributed by atoms with Crippen LogP contribution in [-0.4, -0.2) is 22.1 Å². The Kier molecular flexibility index (Phi) is 4.30. The molecule has 1 heterocycles. The number of H-pyrrole nitrogens is 1. The number of nitrogens with two attached hydrogens (primary N) is 1. The second-order valence-electron chi connectivity index (χ2n) is 3.67. The van der Waals surface area contributed by atoms with Gasteiger partial charge in [0.1, 0.15) is 0 Å². The molecule has 0 aliphatic heterocycles. The zero-order chi connectivity index (χ0) is 11.3. The van der Waals surface area contributed by atoms with E-state index in [1.807, 2.05) is 6.92 Å². The molecule has 1 aromatic rings. The molecule has 15 heavy (non-hydrogen) atoms. The molecule has 5 nitrogen and oxygen atoms in total. The van der Waals surface area contributed by atoms with Gasteiger partial charge in [-0.2, -0.15) is 5.10 Å². The van der Waals surface area contributed by atoms with Gasteiger partial charge in [-0.15, -0.1) is 0 Å². The summed E-state index contributed by atoms with van der Waals surface area (Å²) in [7, 11) is 0. The van der Waals surface area contributed by atoms with E-state index in [-0.39, 0.29) is 5.91 Å². The van der Waals surface area contributed by atoms with Gasteiger partial charge in [0.15, 0.2) is 5.82 Å². The number of amides is 1. The molecule has 0 bridgehead atoms. The van der Waals surface area contributed by atoms with Gasteiger partial charge in [0, 0.05) is 11.8 Å². The van der Waals surface area contributed by atoms with Crippen LogP contribution in [0.5, 0.6) is 0 Å². The van der Waals surface area contributed by atoms with Crippen molar-refractivity contribution in [2.75, 3.05) is 5.32 Å². The lowest BCUT2D eigenvalue weighted by Gasteiger charge is -2.09. The fraction of sp³-hybridized carbons (Fsp3) is 0.600. The monoisotopic (exact) mass is 210 g/mol. The summed E-state index contributed by atoms with van der Waals surface area (Å²) in [5.74, 6) is 0.361. The highest BCUT2D eigenvalue weighted by Crippen LogP contribution is 2.05. The molecule has 0 saturated carbocycles. The molecule has 4 N–H and O–H groups in total. The van der Waals surface area contributed by atoms with Crippen molar-refractivity contribution in [1.29, 1.82) is 0 Å². The summed E-state index contributed by atoms with van der Waals surface area (Å²) in [5, 5.41) is 9.32. The minimum atomic E-state index is -0.443. The van der Waals surface area contributed by atoms with E-state index in [4.69, 9.17) is 5.73 Å². The van der Waals surface area contributed by atoms with Crippen molar-refractivity contribution >= 4 is 11.7 Å². The molecule has 0 aliphatic carbocycles. The fourth-order valence-corrected chi connectivity index (χ4v) is 1.26. The van der Waals surface area contributed by atoms with E-state index in [1.165, 1.54) is 0 Å². The van der Waals surface area contributed by atoms with Gasteiger partial charge in [-0.3, -0.25) is 9.89 Å². The average molecular weight is 210 g/mol. The maximum absolute atomic E-state index is 11.5. The van der Waals surface area contributed by atoms with Crippen molar-refractivity contribution in [3.05, 3.63) is 11.8 Å². The molecule has 0 radical (unpaired) electrons. The molecular formula is C10H18N4O. The summed E-state index contributed by atoms with van der Waals surface area (Å²) in [6.07, 6.45) is 2.72. The Balaban J connectivity index is 2.41. The first-order valence-corrected chi connectivity index (χ1v) is 5.22. The van der Waals surface area contributed by atoms with Crippen molar-refractivity contribution < 1.29 is 4.79 Å². The highest BCUT2D eigenvalue weighted by molar-refractivity contribution is 5.93. The number of carbonyl (C=O) groups is 1. The Morgan fingerprint density at radius 2 is 2.47 bits per heavy atom. The first-order chi connectivity index (χ1) is 7.13. The van der Waals surface area contributed by atoms with Gasteiger partial charge < -0.3 is 11.1 Å². The predicted octanol–water partition coefficient (Wildman–Crippen LogP) is 1.17. The molecular weight excluding hydrogens is 192 g/mol. The first kappa shape index (κ1) is 11.7. The van der Waals surface area contributed by atoms with Gasteiger partial charge in [0.25, 0.3) is 0 Å². The molecule has 0 saturated heterocycles. The topological polar surface area (TPSA) is 83.8 Å². The molecule has 5 heteroatoms. The predicted molar refractivity (Wildman–Crippen MR) is 59.5 cm³/mol. The van der Waals surface area contributed by atoms with E-state index < -0.39 is 6.04 Å². The van der Waals surface area contributed by atoms with E-state index in [0.29, 0.717) is 12.2 Å². The molecule has 1 rings (SSSR count). The number of unbranched alkanes of at least 4 members (excludes halogenated alkanes) is 1. The van der Waals surface area contributed by atoms with Crippen LogP contribution in [0.3, 0.4) is 0 Å². The lowest BCUT2D eigenvalue weighted by molar-refractivity contribution is -0.117. The number of hydrogen-bond donors (Lipinski definition) is 3. The first-order valence-electron chi connectivity index (χ1n) is 5.22. The van der Waals surface area contributed by atoms with Gasteiger partial charge in [0.2, 0.25) is 5.91 Å². The van der Waals surface area contributed by atoms with Gasteiger partial charge in [-0.25, -0.2) is 0 Å². The van der Waals surface area contributed by atoms with E-state index in [9.17, 15) is 4.79 Å². The number of nitrogens with zero attached hydrogens (tertiary/aromatic N) is 1. The summed E-state index contributed by atoms with van der Waals surface area (Å²) < 4.78 is 0. The Morgan fingerprint density at radius 1 is 1.73 bits per heavy atom. The Labute approximate surface area is 89.4 Å². The van der Waals surface area contributed by atoms with Crippen molar-refractivity contribution in [3.8, 4) is 0 Å². The summed E-state index contributed by atoms with van der Waals surface area (Å²) in [5.41, 5.74) is 6.62. The largest absolute Gasteiger partial charge is 0.320 e. The highest BCUT2D eigenvalue weighted by Gasteiger charge is 2.13. The van der Waals surface area contributed by atoms with Gasteiger partial charge in [-0.05, 0) is 13.3 Å². The number of aromatic amines is 1. The van der Waals surface area contributed by atoms with Crippen LogP contribution in [-0.2, 0) is 4.79 Å². The van der Waals surface area contributed by atoms with Crippen LogP contribution in [0.4, 0.5) is 5.82 Å². The van der Waals surface area contributed by atoms with Crippen LogP contribution in [0.2, 0.25) is 0 Å². The molecule has 1 atom stereocenters. The van der Waals surface area contributed by atoms with Crippen LogP contribution in [0.1, 0.15) is 31.9 Å². The second kappa shape index (κ2) is 5.50. The van der Waals surface area contributed by atoms with Crippen molar-refractivity contribution in [1.82, 2.24) is 10.2 Å². The maximum Gasteiger partial charge on any atom is 0.242 e. The number of aromatic nitrogens is 2. The minimum absolute atomic E-state index is 0.171. The van der Waals surface area contributed by atoms with E-state index in [1.54, 1.807) is 6.07 Å². The molecule has 0 spiro atoms. The molecule has 0 aromatic carbocycles. The standard InChI is InChI=1S/C10H18N4O/c1-3-4-5-8(11)10(15)12-9-6-7(2)13-14-9/h6,8H,3-5,11H2,1-2H3,(H2,12,13,14,15)/t8-/m0/s1. The second-order valence-corrected chi connectivity index (χ2v) is 3.67. The van der Waals surface area contributed by atoms with Crippen LogP contribution >= 0.6 is 0 Å². The van der Waals surface area contributed by atoms with Gasteiger partial charge >= 0.3 is 0 Å². The summed E-state index contributed by atoms with van der Waals surface area (Å²) >= 11 is 0. The maximum atomic E-state index is 11.5. The molecule has 84 valence electrons. The number of rotatable bonds is 5. The van der Waals surface area contributed by atoms with Crippen LogP contribution in [0, 0.1) is 6.92 Å². The summed E-state index contributed by atoms with van der Waals surface area (Å²) in [4.78, 5) is 11.5. The fourth-order valence-electron chi connectivity index (χ4n) is 1.26. The zero-order valence-electron chi connectivity index (χ0n) is 9.21. The van der Waals surface area contributed by atoms with Crippen molar-refractivity contribution in [3.63, 3.8) is 0 Å².